The van der Waals surface area contributed by atoms with E-state index in [1.807, 2.05) is 6.20 Å². The van der Waals surface area contributed by atoms with Gasteiger partial charge in [-0.3, -0.25) is 4.98 Å². The van der Waals surface area contributed by atoms with E-state index in [2.05, 4.69) is 26.9 Å². The van der Waals surface area contributed by atoms with Crippen molar-refractivity contribution in [3.63, 3.8) is 0 Å². The van der Waals surface area contributed by atoms with Gasteiger partial charge in [-0.05, 0) is 26.4 Å². The molecule has 94 valence electrons. The Labute approximate surface area is 106 Å². The second kappa shape index (κ2) is 4.86. The maximum absolute atomic E-state index is 5.26. The number of aromatic nitrogens is 3. The molecule has 0 aromatic carbocycles. The van der Waals surface area contributed by atoms with E-state index < -0.39 is 0 Å². The molecule has 0 amide bonds. The highest BCUT2D eigenvalue weighted by atomic mass is 16.3. The third-order valence-electron chi connectivity index (χ3n) is 3.35. The fourth-order valence-electron chi connectivity index (χ4n) is 2.44. The number of piperidine rings is 1. The molecule has 1 aliphatic rings. The number of rotatable bonds is 2. The molecule has 1 fully saturated rings. The van der Waals surface area contributed by atoms with Gasteiger partial charge in [-0.25, -0.2) is 9.97 Å². The Balaban J connectivity index is 1.86. The average Bonchev–Trinajstić information content (AvgIpc) is 2.93. The zero-order chi connectivity index (χ0) is 12.4. The van der Waals surface area contributed by atoms with Crippen LogP contribution in [0, 0.1) is 0 Å². The third kappa shape index (κ3) is 2.26. The lowest BCUT2D eigenvalue weighted by Gasteiger charge is -2.29. The molecule has 0 unspecified atom stereocenters. The fraction of sp³-hybridized carbons (Fsp3) is 0.462. The molecule has 2 aromatic rings. The maximum Gasteiger partial charge on any atom is 0.246 e. The Morgan fingerprint density at radius 1 is 1.39 bits per heavy atom. The summed E-state index contributed by atoms with van der Waals surface area (Å²) in [7, 11) is 2.15. The summed E-state index contributed by atoms with van der Waals surface area (Å²) < 4.78 is 5.26. The summed E-state index contributed by atoms with van der Waals surface area (Å²) >= 11 is 0. The quantitative estimate of drug-likeness (QED) is 0.808. The SMILES string of the molecule is CN1CCC[C@@H](c2cncc(-c3ncco3)n2)C1. The van der Waals surface area contributed by atoms with Crippen LogP contribution in [0.4, 0.5) is 0 Å². The van der Waals surface area contributed by atoms with Crippen LogP contribution in [0.15, 0.2) is 29.3 Å². The zero-order valence-electron chi connectivity index (χ0n) is 10.4. The number of likely N-dealkylation sites (N-methyl/N-ethyl adjacent to an activating group) is 1. The number of hydrogen-bond donors (Lipinski definition) is 0. The van der Waals surface area contributed by atoms with E-state index in [1.54, 1.807) is 18.7 Å². The molecule has 0 spiro atoms. The van der Waals surface area contributed by atoms with Gasteiger partial charge in [0, 0.05) is 18.7 Å². The molecule has 0 saturated carbocycles. The summed E-state index contributed by atoms with van der Waals surface area (Å²) in [5.41, 5.74) is 1.75. The van der Waals surface area contributed by atoms with Gasteiger partial charge >= 0.3 is 0 Å². The van der Waals surface area contributed by atoms with Crippen LogP contribution in [-0.4, -0.2) is 40.0 Å². The van der Waals surface area contributed by atoms with Crippen molar-refractivity contribution in [1.29, 1.82) is 0 Å². The smallest absolute Gasteiger partial charge is 0.246 e. The highest BCUT2D eigenvalue weighted by molar-refractivity contribution is 5.44. The van der Waals surface area contributed by atoms with Crippen molar-refractivity contribution < 1.29 is 4.42 Å². The Bertz CT molecular complexity index is 511. The molecule has 0 aliphatic carbocycles. The van der Waals surface area contributed by atoms with Gasteiger partial charge in [0.2, 0.25) is 5.89 Å². The predicted octanol–water partition coefficient (Wildman–Crippen LogP) is 1.94. The summed E-state index contributed by atoms with van der Waals surface area (Å²) in [5, 5.41) is 0. The number of nitrogens with zero attached hydrogens (tertiary/aromatic N) is 4. The molecule has 2 aromatic heterocycles. The molecule has 3 heterocycles. The Kier molecular flexibility index (Phi) is 3.06. The lowest BCUT2D eigenvalue weighted by molar-refractivity contribution is 0.248. The minimum atomic E-state index is 0.464. The van der Waals surface area contributed by atoms with Crippen LogP contribution in [0.2, 0.25) is 0 Å². The first-order valence-corrected chi connectivity index (χ1v) is 6.23. The van der Waals surface area contributed by atoms with Gasteiger partial charge < -0.3 is 9.32 Å². The van der Waals surface area contributed by atoms with Crippen LogP contribution in [-0.2, 0) is 0 Å². The molecule has 0 bridgehead atoms. The molecule has 5 nitrogen and oxygen atoms in total. The predicted molar refractivity (Wildman–Crippen MR) is 67.0 cm³/mol. The topological polar surface area (TPSA) is 55.1 Å². The largest absolute Gasteiger partial charge is 0.443 e. The highest BCUT2D eigenvalue weighted by Gasteiger charge is 2.21. The lowest BCUT2D eigenvalue weighted by atomic mass is 9.95. The summed E-state index contributed by atoms with van der Waals surface area (Å²) in [6, 6.07) is 0. The average molecular weight is 244 g/mol. The van der Waals surface area contributed by atoms with Crippen LogP contribution < -0.4 is 0 Å². The van der Waals surface area contributed by atoms with E-state index in [1.165, 1.54) is 19.4 Å². The molecule has 1 atom stereocenters. The fourth-order valence-corrected chi connectivity index (χ4v) is 2.44. The third-order valence-corrected chi connectivity index (χ3v) is 3.35. The van der Waals surface area contributed by atoms with Crippen LogP contribution in [0.5, 0.6) is 0 Å². The molecule has 0 N–H and O–H groups in total. The van der Waals surface area contributed by atoms with Gasteiger partial charge in [-0.1, -0.05) is 0 Å². The van der Waals surface area contributed by atoms with Crippen molar-refractivity contribution in [3.8, 4) is 11.6 Å². The number of oxazole rings is 1. The minimum Gasteiger partial charge on any atom is -0.443 e. The Morgan fingerprint density at radius 3 is 3.11 bits per heavy atom. The first kappa shape index (κ1) is 11.3. The van der Waals surface area contributed by atoms with Crippen LogP contribution >= 0.6 is 0 Å². The first-order chi connectivity index (χ1) is 8.83. The molecule has 18 heavy (non-hydrogen) atoms. The van der Waals surface area contributed by atoms with Gasteiger partial charge in [0.05, 0.1) is 18.1 Å². The molecule has 0 radical (unpaired) electrons. The van der Waals surface area contributed by atoms with Crippen molar-refractivity contribution >= 4 is 0 Å². The van der Waals surface area contributed by atoms with Crippen LogP contribution in [0.25, 0.3) is 11.6 Å². The minimum absolute atomic E-state index is 0.464. The normalized spacial score (nSPS) is 21.1. The second-order valence-electron chi connectivity index (χ2n) is 4.77. The maximum atomic E-state index is 5.26. The summed E-state index contributed by atoms with van der Waals surface area (Å²) in [6.07, 6.45) is 9.12. The van der Waals surface area contributed by atoms with Gasteiger partial charge in [-0.2, -0.15) is 0 Å². The number of hydrogen-bond acceptors (Lipinski definition) is 5. The molecule has 1 aliphatic heterocycles. The summed E-state index contributed by atoms with van der Waals surface area (Å²) in [5.74, 6) is 1.000. The van der Waals surface area contributed by atoms with Crippen molar-refractivity contribution in [2.75, 3.05) is 20.1 Å². The number of likely N-dealkylation sites (tertiary alicyclic amines) is 1. The molecule has 1 saturated heterocycles. The molecule has 5 heteroatoms. The van der Waals surface area contributed by atoms with Gasteiger partial charge in [0.1, 0.15) is 12.0 Å². The van der Waals surface area contributed by atoms with Gasteiger partial charge in [0.25, 0.3) is 0 Å². The van der Waals surface area contributed by atoms with Gasteiger partial charge in [-0.15, -0.1) is 0 Å². The van der Waals surface area contributed by atoms with E-state index in [0.29, 0.717) is 17.5 Å². The van der Waals surface area contributed by atoms with Crippen molar-refractivity contribution in [1.82, 2.24) is 19.9 Å². The summed E-state index contributed by atoms with van der Waals surface area (Å²) in [6.45, 7) is 2.22. The van der Waals surface area contributed by atoms with Crippen molar-refractivity contribution in [2.24, 2.45) is 0 Å². The first-order valence-electron chi connectivity index (χ1n) is 6.23. The van der Waals surface area contributed by atoms with E-state index in [9.17, 15) is 0 Å². The van der Waals surface area contributed by atoms with Crippen molar-refractivity contribution in [2.45, 2.75) is 18.8 Å². The van der Waals surface area contributed by atoms with E-state index >= 15 is 0 Å². The highest BCUT2D eigenvalue weighted by Crippen LogP contribution is 2.25. The molecular weight excluding hydrogens is 228 g/mol. The van der Waals surface area contributed by atoms with Gasteiger partial charge in [0.15, 0.2) is 0 Å². The Morgan fingerprint density at radius 2 is 2.33 bits per heavy atom. The van der Waals surface area contributed by atoms with Crippen LogP contribution in [0.3, 0.4) is 0 Å². The standard InChI is InChI=1S/C13H16N4O/c1-17-5-2-3-10(9-17)11-7-14-8-12(16-11)13-15-4-6-18-13/h4,6-8,10H,2-3,5,9H2,1H3/t10-/m1/s1. The lowest BCUT2D eigenvalue weighted by Crippen LogP contribution is -2.31. The molecule has 3 rings (SSSR count). The second-order valence-corrected chi connectivity index (χ2v) is 4.77. The van der Waals surface area contributed by atoms with E-state index in [4.69, 9.17) is 4.42 Å². The van der Waals surface area contributed by atoms with Crippen LogP contribution in [0.1, 0.15) is 24.5 Å². The monoisotopic (exact) mass is 244 g/mol. The molecular formula is C13H16N4O. The van der Waals surface area contributed by atoms with E-state index in [0.717, 1.165) is 12.2 Å². The van der Waals surface area contributed by atoms with E-state index in [-0.39, 0.29) is 0 Å². The van der Waals surface area contributed by atoms with Crippen molar-refractivity contribution in [3.05, 3.63) is 30.5 Å². The Hall–Kier alpha value is -1.75. The zero-order valence-corrected chi connectivity index (χ0v) is 10.4. The summed E-state index contributed by atoms with van der Waals surface area (Å²) in [4.78, 5) is 15.3.